The van der Waals surface area contributed by atoms with Gasteiger partial charge in [-0.3, -0.25) is 4.79 Å². The van der Waals surface area contributed by atoms with Gasteiger partial charge in [-0.1, -0.05) is 31.2 Å². The molecule has 1 aliphatic carbocycles. The Balaban J connectivity index is 2.30. The predicted octanol–water partition coefficient (Wildman–Crippen LogP) is 1.68. The van der Waals surface area contributed by atoms with Gasteiger partial charge in [-0.2, -0.15) is 0 Å². The highest BCUT2D eigenvalue weighted by Gasteiger charge is 2.14. The van der Waals surface area contributed by atoms with Crippen LogP contribution in [0.15, 0.2) is 24.3 Å². The van der Waals surface area contributed by atoms with Crippen LogP contribution < -0.4 is 0 Å². The molecule has 11 heavy (non-hydrogen) atoms. The lowest BCUT2D eigenvalue weighted by molar-refractivity contribution is -0.145. The molecule has 0 fully saturated rings. The van der Waals surface area contributed by atoms with E-state index in [-0.39, 0.29) is 11.9 Å². The van der Waals surface area contributed by atoms with Crippen molar-refractivity contribution >= 4 is 5.97 Å². The van der Waals surface area contributed by atoms with Gasteiger partial charge in [-0.05, 0) is 6.42 Å². The van der Waals surface area contributed by atoms with Crippen LogP contribution in [0.1, 0.15) is 13.3 Å². The second-order valence-corrected chi connectivity index (χ2v) is 2.46. The highest BCUT2D eigenvalue weighted by atomic mass is 16.5. The molecule has 1 aliphatic rings. The van der Waals surface area contributed by atoms with Crippen LogP contribution >= 0.6 is 0 Å². The molecule has 0 aromatic carbocycles. The first kappa shape index (κ1) is 8.05. The average molecular weight is 152 g/mol. The van der Waals surface area contributed by atoms with Crippen molar-refractivity contribution in [2.75, 3.05) is 6.61 Å². The Bertz CT molecular complexity index is 180. The minimum Gasteiger partial charge on any atom is -0.465 e. The summed E-state index contributed by atoms with van der Waals surface area (Å²) in [6, 6.07) is 0. The summed E-state index contributed by atoms with van der Waals surface area (Å²) >= 11 is 0. The number of allylic oxidation sites excluding steroid dienone is 2. The fourth-order valence-corrected chi connectivity index (χ4v) is 0.888. The van der Waals surface area contributed by atoms with Gasteiger partial charge in [0.05, 0.1) is 12.5 Å². The molecule has 0 atom stereocenters. The van der Waals surface area contributed by atoms with E-state index in [9.17, 15) is 4.79 Å². The lowest BCUT2D eigenvalue weighted by Crippen LogP contribution is -2.12. The standard InChI is InChI=1S/C9H12O2/c1-2-7-11-9(10)8-5-3-4-6-8/h3-6,8H,2,7H2,1H3. The molecule has 0 radical (unpaired) electrons. The summed E-state index contributed by atoms with van der Waals surface area (Å²) in [4.78, 5) is 11.1. The van der Waals surface area contributed by atoms with Crippen LogP contribution in [0.25, 0.3) is 0 Å². The van der Waals surface area contributed by atoms with Crippen LogP contribution in [-0.4, -0.2) is 12.6 Å². The van der Waals surface area contributed by atoms with Crippen molar-refractivity contribution in [2.24, 2.45) is 5.92 Å². The molecule has 0 saturated heterocycles. The minimum atomic E-state index is -0.142. The Labute approximate surface area is 66.5 Å². The van der Waals surface area contributed by atoms with E-state index in [1.54, 1.807) is 0 Å². The molecular weight excluding hydrogens is 140 g/mol. The van der Waals surface area contributed by atoms with E-state index in [1.807, 2.05) is 31.2 Å². The SMILES string of the molecule is CCCOC(=O)C1C=CC=C1. The van der Waals surface area contributed by atoms with E-state index in [0.29, 0.717) is 6.61 Å². The van der Waals surface area contributed by atoms with Gasteiger partial charge in [0.1, 0.15) is 0 Å². The van der Waals surface area contributed by atoms with Crippen LogP contribution in [-0.2, 0) is 9.53 Å². The highest BCUT2D eigenvalue weighted by molar-refractivity contribution is 5.77. The molecule has 0 N–H and O–H groups in total. The summed E-state index contributed by atoms with van der Waals surface area (Å²) in [5, 5.41) is 0. The van der Waals surface area contributed by atoms with Crippen molar-refractivity contribution in [3.63, 3.8) is 0 Å². The molecule has 0 amide bonds. The topological polar surface area (TPSA) is 26.3 Å². The monoisotopic (exact) mass is 152 g/mol. The second-order valence-electron chi connectivity index (χ2n) is 2.46. The first-order valence-corrected chi connectivity index (χ1v) is 3.86. The quantitative estimate of drug-likeness (QED) is 0.575. The summed E-state index contributed by atoms with van der Waals surface area (Å²) in [6.07, 6.45) is 8.26. The third kappa shape index (κ3) is 2.22. The van der Waals surface area contributed by atoms with Gasteiger partial charge in [-0.25, -0.2) is 0 Å². The fourth-order valence-electron chi connectivity index (χ4n) is 0.888. The van der Waals surface area contributed by atoms with Crippen molar-refractivity contribution in [1.29, 1.82) is 0 Å². The molecule has 0 aromatic heterocycles. The van der Waals surface area contributed by atoms with E-state index >= 15 is 0 Å². The number of rotatable bonds is 3. The number of hydrogen-bond acceptors (Lipinski definition) is 2. The molecule has 0 heterocycles. The molecule has 0 bridgehead atoms. The molecule has 1 rings (SSSR count). The van der Waals surface area contributed by atoms with Gasteiger partial charge in [-0.15, -0.1) is 0 Å². The van der Waals surface area contributed by atoms with Crippen molar-refractivity contribution in [2.45, 2.75) is 13.3 Å². The molecule has 60 valence electrons. The van der Waals surface area contributed by atoms with Gasteiger partial charge in [0, 0.05) is 0 Å². The number of carbonyl (C=O) groups is 1. The Morgan fingerprint density at radius 2 is 2.09 bits per heavy atom. The smallest absolute Gasteiger partial charge is 0.316 e. The summed E-state index contributed by atoms with van der Waals surface area (Å²) in [5.41, 5.74) is 0. The van der Waals surface area contributed by atoms with E-state index in [1.165, 1.54) is 0 Å². The number of ether oxygens (including phenoxy) is 1. The summed E-state index contributed by atoms with van der Waals surface area (Å²) in [5.74, 6) is -0.279. The highest BCUT2D eigenvalue weighted by Crippen LogP contribution is 2.10. The molecule has 0 aromatic rings. The minimum absolute atomic E-state index is 0.137. The maximum Gasteiger partial charge on any atom is 0.316 e. The van der Waals surface area contributed by atoms with Crippen LogP contribution in [0.3, 0.4) is 0 Å². The first-order chi connectivity index (χ1) is 5.34. The third-order valence-corrected chi connectivity index (χ3v) is 1.47. The first-order valence-electron chi connectivity index (χ1n) is 3.86. The zero-order valence-corrected chi connectivity index (χ0v) is 6.62. The number of hydrogen-bond donors (Lipinski definition) is 0. The van der Waals surface area contributed by atoms with Crippen LogP contribution in [0.2, 0.25) is 0 Å². The molecule has 0 saturated carbocycles. The normalized spacial score (nSPS) is 15.7. The van der Waals surface area contributed by atoms with Gasteiger partial charge in [0.25, 0.3) is 0 Å². The Hall–Kier alpha value is -1.05. The Kier molecular flexibility index (Phi) is 2.90. The van der Waals surface area contributed by atoms with Gasteiger partial charge in [0.15, 0.2) is 0 Å². The largest absolute Gasteiger partial charge is 0.465 e. The fraction of sp³-hybridized carbons (Fsp3) is 0.444. The lowest BCUT2D eigenvalue weighted by Gasteiger charge is -2.04. The predicted molar refractivity (Wildman–Crippen MR) is 43.0 cm³/mol. The van der Waals surface area contributed by atoms with Crippen molar-refractivity contribution < 1.29 is 9.53 Å². The summed E-state index contributed by atoms with van der Waals surface area (Å²) in [6.45, 7) is 2.50. The lowest BCUT2D eigenvalue weighted by atomic mass is 10.2. The number of carbonyl (C=O) groups excluding carboxylic acids is 1. The maximum absolute atomic E-state index is 11.1. The Morgan fingerprint density at radius 3 is 2.64 bits per heavy atom. The van der Waals surface area contributed by atoms with E-state index in [4.69, 9.17) is 4.74 Å². The van der Waals surface area contributed by atoms with E-state index in [2.05, 4.69) is 0 Å². The van der Waals surface area contributed by atoms with Gasteiger partial charge in [0.2, 0.25) is 0 Å². The molecular formula is C9H12O2. The van der Waals surface area contributed by atoms with Gasteiger partial charge >= 0.3 is 5.97 Å². The maximum atomic E-state index is 11.1. The van der Waals surface area contributed by atoms with E-state index in [0.717, 1.165) is 6.42 Å². The second kappa shape index (κ2) is 3.96. The van der Waals surface area contributed by atoms with Crippen molar-refractivity contribution in [1.82, 2.24) is 0 Å². The molecule has 2 heteroatoms. The van der Waals surface area contributed by atoms with Crippen molar-refractivity contribution in [3.8, 4) is 0 Å². The number of esters is 1. The van der Waals surface area contributed by atoms with Crippen molar-refractivity contribution in [3.05, 3.63) is 24.3 Å². The van der Waals surface area contributed by atoms with E-state index < -0.39 is 0 Å². The van der Waals surface area contributed by atoms with Crippen LogP contribution in [0, 0.1) is 5.92 Å². The molecule has 0 aliphatic heterocycles. The van der Waals surface area contributed by atoms with Crippen LogP contribution in [0.5, 0.6) is 0 Å². The van der Waals surface area contributed by atoms with Crippen LogP contribution in [0.4, 0.5) is 0 Å². The summed E-state index contributed by atoms with van der Waals surface area (Å²) in [7, 11) is 0. The Morgan fingerprint density at radius 1 is 1.45 bits per heavy atom. The van der Waals surface area contributed by atoms with Gasteiger partial charge < -0.3 is 4.74 Å². The molecule has 0 spiro atoms. The molecule has 0 unspecified atom stereocenters. The zero-order chi connectivity index (χ0) is 8.10. The molecule has 2 nitrogen and oxygen atoms in total. The summed E-state index contributed by atoms with van der Waals surface area (Å²) < 4.78 is 4.93. The third-order valence-electron chi connectivity index (χ3n) is 1.47. The average Bonchev–Trinajstić information content (AvgIpc) is 2.52. The zero-order valence-electron chi connectivity index (χ0n) is 6.62.